The number of rotatable bonds is 5. The molecule has 1 heterocycles. The molecule has 1 unspecified atom stereocenters. The monoisotopic (exact) mass is 242 g/mol. The predicted octanol–water partition coefficient (Wildman–Crippen LogP) is 0.333. The van der Waals surface area contributed by atoms with Crippen LogP contribution in [0.1, 0.15) is 35.2 Å². The van der Waals surface area contributed by atoms with Gasteiger partial charge in [0.2, 0.25) is 17.8 Å². The third kappa shape index (κ3) is 2.82. The molecular formula is C10H14N2O5. The van der Waals surface area contributed by atoms with Gasteiger partial charge in [-0.1, -0.05) is 0 Å². The highest BCUT2D eigenvalue weighted by atomic mass is 16.6. The second kappa shape index (κ2) is 5.44. The van der Waals surface area contributed by atoms with E-state index in [1.807, 2.05) is 0 Å². The average molecular weight is 242 g/mol. The first-order valence-corrected chi connectivity index (χ1v) is 4.97. The summed E-state index contributed by atoms with van der Waals surface area (Å²) >= 11 is 0. The van der Waals surface area contributed by atoms with Crippen molar-refractivity contribution >= 4 is 11.9 Å². The van der Waals surface area contributed by atoms with Gasteiger partial charge < -0.3 is 19.6 Å². The highest BCUT2D eigenvalue weighted by Gasteiger charge is 2.29. The third-order valence-electron chi connectivity index (χ3n) is 2.00. The first-order chi connectivity index (χ1) is 8.01. The van der Waals surface area contributed by atoms with Gasteiger partial charge in [-0.2, -0.15) is 0 Å². The van der Waals surface area contributed by atoms with Crippen molar-refractivity contribution in [1.29, 1.82) is 0 Å². The lowest BCUT2D eigenvalue weighted by atomic mass is 10.3. The van der Waals surface area contributed by atoms with Crippen molar-refractivity contribution in [2.24, 2.45) is 5.73 Å². The van der Waals surface area contributed by atoms with Crippen molar-refractivity contribution in [3.63, 3.8) is 0 Å². The maximum absolute atomic E-state index is 11.5. The number of ether oxygens (including phenoxy) is 2. The molecule has 1 atom stereocenters. The average Bonchev–Trinajstić information content (AvgIpc) is 2.62. The number of hydrogen-bond acceptors (Lipinski definition) is 6. The number of esters is 1. The number of oxazole rings is 1. The first kappa shape index (κ1) is 13.2. The summed E-state index contributed by atoms with van der Waals surface area (Å²) in [5.41, 5.74) is 5.38. The smallest absolute Gasteiger partial charge is 0.345 e. The Kier molecular flexibility index (Phi) is 4.22. The number of nitrogens with two attached hydrogens (primary N) is 1. The number of primary amides is 1. The van der Waals surface area contributed by atoms with Crippen LogP contribution in [0, 0.1) is 6.92 Å². The molecule has 0 fully saturated rings. The van der Waals surface area contributed by atoms with Gasteiger partial charge in [0.15, 0.2) is 0 Å². The van der Waals surface area contributed by atoms with E-state index in [4.69, 9.17) is 19.6 Å². The van der Waals surface area contributed by atoms with Gasteiger partial charge in [0.1, 0.15) is 0 Å². The molecule has 1 aromatic rings. The zero-order valence-corrected chi connectivity index (χ0v) is 9.85. The summed E-state index contributed by atoms with van der Waals surface area (Å²) in [5.74, 6) is -1.52. The van der Waals surface area contributed by atoms with Gasteiger partial charge in [-0.05, 0) is 13.8 Å². The molecule has 0 aliphatic rings. The number of carbonyl (C=O) groups is 2. The van der Waals surface area contributed by atoms with Crippen molar-refractivity contribution in [3.8, 4) is 0 Å². The van der Waals surface area contributed by atoms with Gasteiger partial charge in [0.05, 0.1) is 12.3 Å². The zero-order valence-electron chi connectivity index (χ0n) is 9.85. The van der Waals surface area contributed by atoms with Crippen LogP contribution in [0.15, 0.2) is 4.42 Å². The molecule has 1 rings (SSSR count). The summed E-state index contributed by atoms with van der Waals surface area (Å²) in [6.07, 6.45) is -1.10. The number of aryl methyl sites for hydroxylation is 1. The summed E-state index contributed by atoms with van der Waals surface area (Å²) in [6, 6.07) is 0. The Labute approximate surface area is 97.9 Å². The van der Waals surface area contributed by atoms with Crippen LogP contribution in [0.4, 0.5) is 0 Å². The molecule has 7 heteroatoms. The lowest BCUT2D eigenvalue weighted by Crippen LogP contribution is -2.18. The first-order valence-electron chi connectivity index (χ1n) is 4.97. The van der Waals surface area contributed by atoms with Gasteiger partial charge in [0, 0.05) is 7.11 Å². The maximum atomic E-state index is 11.5. The van der Waals surface area contributed by atoms with Crippen molar-refractivity contribution in [2.45, 2.75) is 20.0 Å². The van der Waals surface area contributed by atoms with E-state index < -0.39 is 18.0 Å². The molecule has 0 aromatic carbocycles. The van der Waals surface area contributed by atoms with Gasteiger partial charge in [0.25, 0.3) is 5.91 Å². The minimum absolute atomic E-state index is 0.0442. The Morgan fingerprint density at radius 1 is 1.53 bits per heavy atom. The standard InChI is InChI=1S/C10H14N2O5/c1-4-16-10(14)7(15-3)9-12-5(2)6(17-9)8(11)13/h7H,4H2,1-3H3,(H2,11,13). The van der Waals surface area contributed by atoms with E-state index in [1.54, 1.807) is 13.8 Å². The van der Waals surface area contributed by atoms with Crippen LogP contribution < -0.4 is 5.73 Å². The van der Waals surface area contributed by atoms with Gasteiger partial charge >= 0.3 is 5.97 Å². The second-order valence-electron chi connectivity index (χ2n) is 3.20. The number of aromatic nitrogens is 1. The molecule has 0 radical (unpaired) electrons. The molecule has 94 valence electrons. The van der Waals surface area contributed by atoms with Crippen LogP contribution >= 0.6 is 0 Å². The number of hydrogen-bond donors (Lipinski definition) is 1. The highest BCUT2D eigenvalue weighted by Crippen LogP contribution is 2.20. The van der Waals surface area contributed by atoms with Crippen LogP contribution in [0.25, 0.3) is 0 Å². The van der Waals surface area contributed by atoms with E-state index in [9.17, 15) is 9.59 Å². The van der Waals surface area contributed by atoms with Crippen LogP contribution in [0.2, 0.25) is 0 Å². The summed E-state index contributed by atoms with van der Waals surface area (Å²) in [7, 11) is 1.31. The minimum atomic E-state index is -1.10. The Balaban J connectivity index is 3.00. The molecule has 0 saturated heterocycles. The number of carbonyl (C=O) groups excluding carboxylic acids is 2. The quantitative estimate of drug-likeness (QED) is 0.746. The maximum Gasteiger partial charge on any atom is 0.345 e. The Morgan fingerprint density at radius 3 is 2.59 bits per heavy atom. The third-order valence-corrected chi connectivity index (χ3v) is 2.00. The highest BCUT2D eigenvalue weighted by molar-refractivity contribution is 5.91. The Hall–Kier alpha value is -1.89. The van der Waals surface area contributed by atoms with E-state index >= 15 is 0 Å². The van der Waals surface area contributed by atoms with Crippen LogP contribution in [-0.4, -0.2) is 30.6 Å². The van der Waals surface area contributed by atoms with Gasteiger partial charge in [-0.15, -0.1) is 0 Å². The van der Waals surface area contributed by atoms with Crippen molar-refractivity contribution in [2.75, 3.05) is 13.7 Å². The fourth-order valence-corrected chi connectivity index (χ4v) is 1.27. The molecule has 2 N–H and O–H groups in total. The largest absolute Gasteiger partial charge is 0.464 e. The number of methoxy groups -OCH3 is 1. The summed E-state index contributed by atoms with van der Waals surface area (Å²) in [5, 5.41) is 0. The molecule has 1 aromatic heterocycles. The van der Waals surface area contributed by atoms with Crippen molar-refractivity contribution < 1.29 is 23.5 Å². The van der Waals surface area contributed by atoms with E-state index in [0.717, 1.165) is 0 Å². The lowest BCUT2D eigenvalue weighted by Gasteiger charge is -2.09. The van der Waals surface area contributed by atoms with E-state index in [2.05, 4.69) is 4.98 Å². The molecule has 0 bridgehead atoms. The molecule has 0 aliphatic heterocycles. The SMILES string of the molecule is CCOC(=O)C(OC)c1nc(C)c(C(N)=O)o1. The second-order valence-corrected chi connectivity index (χ2v) is 3.20. The molecule has 1 amide bonds. The van der Waals surface area contributed by atoms with Crippen molar-refractivity contribution in [3.05, 3.63) is 17.3 Å². The van der Waals surface area contributed by atoms with Gasteiger partial charge in [-0.3, -0.25) is 4.79 Å². The predicted molar refractivity (Wildman–Crippen MR) is 56.1 cm³/mol. The number of amides is 1. The Morgan fingerprint density at radius 2 is 2.18 bits per heavy atom. The molecule has 0 spiro atoms. The molecular weight excluding hydrogens is 228 g/mol. The van der Waals surface area contributed by atoms with E-state index in [0.29, 0.717) is 5.69 Å². The van der Waals surface area contributed by atoms with Crippen molar-refractivity contribution in [1.82, 2.24) is 4.98 Å². The van der Waals surface area contributed by atoms with E-state index in [-0.39, 0.29) is 18.3 Å². The van der Waals surface area contributed by atoms with Crippen LogP contribution in [0.5, 0.6) is 0 Å². The molecule has 17 heavy (non-hydrogen) atoms. The minimum Gasteiger partial charge on any atom is -0.464 e. The van der Waals surface area contributed by atoms with Crippen LogP contribution in [0.3, 0.4) is 0 Å². The van der Waals surface area contributed by atoms with E-state index in [1.165, 1.54) is 7.11 Å². The Bertz CT molecular complexity index is 426. The summed E-state index contributed by atoms with van der Waals surface area (Å²) in [6.45, 7) is 3.42. The topological polar surface area (TPSA) is 105 Å². The molecule has 0 saturated carbocycles. The molecule has 7 nitrogen and oxygen atoms in total. The summed E-state index contributed by atoms with van der Waals surface area (Å²) < 4.78 is 14.8. The lowest BCUT2D eigenvalue weighted by molar-refractivity contribution is -0.156. The molecule has 0 aliphatic carbocycles. The zero-order chi connectivity index (χ0) is 13.0. The fraction of sp³-hybridized carbons (Fsp3) is 0.500. The van der Waals surface area contributed by atoms with Crippen LogP contribution in [-0.2, 0) is 14.3 Å². The fourth-order valence-electron chi connectivity index (χ4n) is 1.27. The summed E-state index contributed by atoms with van der Waals surface area (Å²) in [4.78, 5) is 26.4. The van der Waals surface area contributed by atoms with Gasteiger partial charge in [-0.25, -0.2) is 9.78 Å². The normalized spacial score (nSPS) is 12.2. The number of nitrogens with zero attached hydrogens (tertiary/aromatic N) is 1.